The van der Waals surface area contributed by atoms with E-state index in [9.17, 15) is 4.79 Å². The van der Waals surface area contributed by atoms with Crippen LogP contribution in [0.3, 0.4) is 0 Å². The molecule has 0 saturated carbocycles. The van der Waals surface area contributed by atoms with Crippen molar-refractivity contribution < 1.29 is 23.7 Å². The third kappa shape index (κ3) is 4.74. The van der Waals surface area contributed by atoms with Crippen LogP contribution < -0.4 is 4.74 Å². The number of unbranched alkanes of at least 4 members (excludes halogenated alkanes) is 1. The second kappa shape index (κ2) is 7.14. The van der Waals surface area contributed by atoms with E-state index in [4.69, 9.17) is 18.9 Å². The molecular weight excluding hydrogens is 260 g/mol. The first-order valence-electron chi connectivity index (χ1n) is 6.92. The summed E-state index contributed by atoms with van der Waals surface area (Å²) in [6, 6.07) is 9.68. The second-order valence-corrected chi connectivity index (χ2v) is 4.60. The molecule has 0 amide bonds. The van der Waals surface area contributed by atoms with Gasteiger partial charge in [0, 0.05) is 6.42 Å². The van der Waals surface area contributed by atoms with Crippen molar-refractivity contribution in [3.63, 3.8) is 0 Å². The molecule has 5 nitrogen and oxygen atoms in total. The zero-order valence-electron chi connectivity index (χ0n) is 11.7. The molecular formula is C15H20O5. The van der Waals surface area contributed by atoms with Gasteiger partial charge in [0.1, 0.15) is 12.4 Å². The topological polar surface area (TPSA) is 57.3 Å². The Morgan fingerprint density at radius 2 is 2.05 bits per heavy atom. The number of hydrogen-bond acceptors (Lipinski definition) is 5. The van der Waals surface area contributed by atoms with Crippen LogP contribution in [0.2, 0.25) is 0 Å². The molecule has 0 N–H and O–H groups in total. The zero-order valence-corrected chi connectivity index (χ0v) is 11.7. The third-order valence-electron chi connectivity index (χ3n) is 2.96. The van der Waals surface area contributed by atoms with Gasteiger partial charge >= 0.3 is 6.16 Å². The van der Waals surface area contributed by atoms with E-state index in [1.807, 2.05) is 30.3 Å². The van der Waals surface area contributed by atoms with Gasteiger partial charge in [0.25, 0.3) is 0 Å². The summed E-state index contributed by atoms with van der Waals surface area (Å²) in [5.74, 6) is 0.117. The molecule has 0 radical (unpaired) electrons. The van der Waals surface area contributed by atoms with Crippen molar-refractivity contribution in [3.8, 4) is 5.75 Å². The number of rotatable bonds is 8. The number of benzene rings is 1. The minimum atomic E-state index is -0.751. The van der Waals surface area contributed by atoms with Gasteiger partial charge < -0.3 is 18.9 Å². The van der Waals surface area contributed by atoms with Gasteiger partial charge in [-0.15, -0.1) is 0 Å². The Balaban J connectivity index is 1.58. The highest BCUT2D eigenvalue weighted by molar-refractivity contribution is 5.60. The first kappa shape index (κ1) is 14.7. The lowest BCUT2D eigenvalue weighted by Crippen LogP contribution is -2.22. The summed E-state index contributed by atoms with van der Waals surface area (Å²) < 4.78 is 20.7. The lowest BCUT2D eigenvalue weighted by molar-refractivity contribution is -0.0383. The van der Waals surface area contributed by atoms with Crippen molar-refractivity contribution in [3.05, 3.63) is 30.3 Å². The zero-order chi connectivity index (χ0) is 14.3. The normalized spacial score (nSPS) is 20.2. The largest absolute Gasteiger partial charge is 0.510 e. The monoisotopic (exact) mass is 280 g/mol. The van der Waals surface area contributed by atoms with Crippen LogP contribution in [0.5, 0.6) is 5.75 Å². The third-order valence-corrected chi connectivity index (χ3v) is 2.96. The Bertz CT molecular complexity index is 414. The standard InChI is InChI=1S/C15H20O5/c1-2-17-14(16)20-15(12-19-15)10-6-7-11-18-13-8-4-3-5-9-13/h3-5,8-9H,2,6-7,10-12H2,1H3. The number of hydrogen-bond donors (Lipinski definition) is 0. The molecule has 1 saturated heterocycles. The number of para-hydroxylation sites is 1. The van der Waals surface area contributed by atoms with Crippen molar-refractivity contribution in [2.75, 3.05) is 19.8 Å². The van der Waals surface area contributed by atoms with E-state index in [0.717, 1.165) is 18.6 Å². The van der Waals surface area contributed by atoms with Gasteiger partial charge in [-0.1, -0.05) is 18.2 Å². The highest BCUT2D eigenvalue weighted by atomic mass is 16.8. The van der Waals surface area contributed by atoms with Crippen molar-refractivity contribution in [1.29, 1.82) is 0 Å². The van der Waals surface area contributed by atoms with Gasteiger partial charge in [0.2, 0.25) is 5.79 Å². The quantitative estimate of drug-likeness (QED) is 0.416. The molecule has 20 heavy (non-hydrogen) atoms. The summed E-state index contributed by atoms with van der Waals surface area (Å²) in [6.45, 7) is 3.13. The Morgan fingerprint density at radius 1 is 1.30 bits per heavy atom. The second-order valence-electron chi connectivity index (χ2n) is 4.60. The first-order valence-corrected chi connectivity index (χ1v) is 6.92. The van der Waals surface area contributed by atoms with Crippen LogP contribution in [0.15, 0.2) is 30.3 Å². The molecule has 1 aromatic carbocycles. The molecule has 1 aliphatic heterocycles. The summed E-state index contributed by atoms with van der Waals surface area (Å²) >= 11 is 0. The fraction of sp³-hybridized carbons (Fsp3) is 0.533. The molecule has 1 heterocycles. The van der Waals surface area contributed by atoms with Gasteiger partial charge in [0.05, 0.1) is 13.2 Å². The van der Waals surface area contributed by atoms with E-state index in [1.165, 1.54) is 0 Å². The molecule has 0 bridgehead atoms. The van der Waals surface area contributed by atoms with E-state index < -0.39 is 11.9 Å². The van der Waals surface area contributed by atoms with Gasteiger partial charge in [-0.2, -0.15) is 0 Å². The predicted molar refractivity (Wildman–Crippen MR) is 72.6 cm³/mol. The maximum atomic E-state index is 11.2. The van der Waals surface area contributed by atoms with Crippen LogP contribution in [0.4, 0.5) is 4.79 Å². The maximum absolute atomic E-state index is 11.2. The van der Waals surface area contributed by atoms with Gasteiger partial charge in [-0.05, 0) is 31.9 Å². The lowest BCUT2D eigenvalue weighted by Gasteiger charge is -2.12. The van der Waals surface area contributed by atoms with Crippen LogP contribution >= 0.6 is 0 Å². The summed E-state index contributed by atoms with van der Waals surface area (Å²) in [7, 11) is 0. The summed E-state index contributed by atoms with van der Waals surface area (Å²) in [5, 5.41) is 0. The van der Waals surface area contributed by atoms with E-state index in [2.05, 4.69) is 0 Å². The fourth-order valence-corrected chi connectivity index (χ4v) is 1.84. The van der Waals surface area contributed by atoms with Gasteiger partial charge in [-0.3, -0.25) is 0 Å². The molecule has 1 atom stereocenters. The molecule has 0 aliphatic carbocycles. The smallest absolute Gasteiger partial charge is 0.494 e. The SMILES string of the molecule is CCOC(=O)OC1(CCCCOc2ccccc2)CO1. The number of epoxide rings is 1. The van der Waals surface area contributed by atoms with Gasteiger partial charge in [0.15, 0.2) is 0 Å². The number of carbonyl (C=O) groups is 1. The highest BCUT2D eigenvalue weighted by Gasteiger charge is 2.49. The minimum Gasteiger partial charge on any atom is -0.494 e. The molecule has 2 rings (SSSR count). The average molecular weight is 280 g/mol. The van der Waals surface area contributed by atoms with Crippen LogP contribution in [0.25, 0.3) is 0 Å². The highest BCUT2D eigenvalue weighted by Crippen LogP contribution is 2.34. The van der Waals surface area contributed by atoms with E-state index in [-0.39, 0.29) is 0 Å². The van der Waals surface area contributed by atoms with Crippen LogP contribution in [-0.4, -0.2) is 31.8 Å². The van der Waals surface area contributed by atoms with Crippen molar-refractivity contribution in [1.82, 2.24) is 0 Å². The number of carbonyl (C=O) groups excluding carboxylic acids is 1. The van der Waals surface area contributed by atoms with Crippen molar-refractivity contribution in [2.24, 2.45) is 0 Å². The van der Waals surface area contributed by atoms with Crippen LogP contribution in [-0.2, 0) is 14.2 Å². The molecule has 110 valence electrons. The molecule has 1 aromatic rings. The van der Waals surface area contributed by atoms with E-state index in [1.54, 1.807) is 6.92 Å². The average Bonchev–Trinajstić information content (AvgIpc) is 3.19. The van der Waals surface area contributed by atoms with E-state index >= 15 is 0 Å². The minimum absolute atomic E-state index is 0.305. The Kier molecular flexibility index (Phi) is 5.24. The predicted octanol–water partition coefficient (Wildman–Crippen LogP) is 3.14. The van der Waals surface area contributed by atoms with Crippen LogP contribution in [0, 0.1) is 0 Å². The maximum Gasteiger partial charge on any atom is 0.510 e. The van der Waals surface area contributed by atoms with E-state index in [0.29, 0.717) is 26.2 Å². The van der Waals surface area contributed by atoms with Crippen molar-refractivity contribution in [2.45, 2.75) is 32.0 Å². The van der Waals surface area contributed by atoms with Crippen molar-refractivity contribution >= 4 is 6.16 Å². The Hall–Kier alpha value is -1.75. The molecule has 0 spiro atoms. The fourth-order valence-electron chi connectivity index (χ4n) is 1.84. The summed E-state index contributed by atoms with van der Waals surface area (Å²) in [6.07, 6.45) is 1.76. The van der Waals surface area contributed by atoms with Crippen LogP contribution in [0.1, 0.15) is 26.2 Å². The van der Waals surface area contributed by atoms with Gasteiger partial charge in [-0.25, -0.2) is 4.79 Å². The molecule has 0 aromatic heterocycles. The molecule has 1 aliphatic rings. The first-order chi connectivity index (χ1) is 9.74. The summed E-state index contributed by atoms with van der Waals surface area (Å²) in [5.41, 5.74) is 0. The molecule has 1 unspecified atom stereocenters. The lowest BCUT2D eigenvalue weighted by atomic mass is 10.2. The molecule has 5 heteroatoms. The Labute approximate surface area is 118 Å². The molecule has 1 fully saturated rings. The number of ether oxygens (including phenoxy) is 4. The Morgan fingerprint density at radius 3 is 2.70 bits per heavy atom. The summed E-state index contributed by atoms with van der Waals surface area (Å²) in [4.78, 5) is 11.2.